The number of likely N-dealkylation sites (tertiary alicyclic amines) is 1. The van der Waals surface area contributed by atoms with Gasteiger partial charge in [-0.25, -0.2) is 0 Å². The Bertz CT molecular complexity index is 769. The maximum absolute atomic E-state index is 13.0. The molecule has 2 aliphatic rings. The van der Waals surface area contributed by atoms with E-state index in [0.717, 1.165) is 24.0 Å². The number of ether oxygens (including phenoxy) is 2. The van der Waals surface area contributed by atoms with Gasteiger partial charge in [0.2, 0.25) is 0 Å². The zero-order valence-electron chi connectivity index (χ0n) is 14.3. The highest BCUT2D eigenvalue weighted by atomic mass is 16.5. The van der Waals surface area contributed by atoms with Gasteiger partial charge in [-0.05, 0) is 18.2 Å². The number of benzene rings is 1. The third-order valence-electron chi connectivity index (χ3n) is 5.18. The first-order valence-electron chi connectivity index (χ1n) is 8.61. The zero-order valence-corrected chi connectivity index (χ0v) is 14.3. The van der Waals surface area contributed by atoms with Gasteiger partial charge in [-0.15, -0.1) is 0 Å². The van der Waals surface area contributed by atoms with Gasteiger partial charge in [0.1, 0.15) is 5.75 Å². The van der Waals surface area contributed by atoms with Crippen molar-refractivity contribution in [3.05, 3.63) is 30.0 Å². The lowest BCUT2D eigenvalue weighted by Crippen LogP contribution is -2.49. The van der Waals surface area contributed by atoms with Crippen LogP contribution in [0, 0.1) is 0 Å². The Morgan fingerprint density at radius 2 is 2.12 bits per heavy atom. The fourth-order valence-electron chi connectivity index (χ4n) is 3.78. The quantitative estimate of drug-likeness (QED) is 0.856. The van der Waals surface area contributed by atoms with Crippen LogP contribution < -0.4 is 4.74 Å². The second-order valence-electron chi connectivity index (χ2n) is 6.61. The highest BCUT2D eigenvalue weighted by molar-refractivity contribution is 6.07. The van der Waals surface area contributed by atoms with Crippen LogP contribution >= 0.6 is 0 Å². The maximum Gasteiger partial charge on any atom is 0.256 e. The summed E-state index contributed by atoms with van der Waals surface area (Å²) in [6, 6.07) is 5.61. The molecule has 2 saturated heterocycles. The van der Waals surface area contributed by atoms with Crippen molar-refractivity contribution in [1.82, 2.24) is 14.8 Å². The van der Waals surface area contributed by atoms with Gasteiger partial charge in [-0.3, -0.25) is 9.69 Å². The summed E-state index contributed by atoms with van der Waals surface area (Å²) in [5, 5.41) is 11.3. The molecular formula is C18H23N3O4. The lowest BCUT2D eigenvalue weighted by Gasteiger charge is -2.33. The van der Waals surface area contributed by atoms with Gasteiger partial charge in [-0.2, -0.15) is 0 Å². The molecule has 0 aliphatic carbocycles. The number of carbonyl (C=O) groups excluding carboxylic acids is 1. The number of hydrogen-bond donors (Lipinski definition) is 2. The summed E-state index contributed by atoms with van der Waals surface area (Å²) in [5.41, 5.74) is 1.51. The van der Waals surface area contributed by atoms with E-state index in [4.69, 9.17) is 9.47 Å². The minimum atomic E-state index is -0.526. The highest BCUT2D eigenvalue weighted by Crippen LogP contribution is 2.26. The summed E-state index contributed by atoms with van der Waals surface area (Å²) in [4.78, 5) is 20.1. The number of aliphatic hydroxyl groups excluding tert-OH is 1. The first kappa shape index (κ1) is 16.4. The minimum Gasteiger partial charge on any atom is -0.497 e. The number of carbonyl (C=O) groups is 1. The van der Waals surface area contributed by atoms with E-state index in [2.05, 4.69) is 9.88 Å². The molecule has 1 amide bonds. The van der Waals surface area contributed by atoms with Crippen molar-refractivity contribution >= 4 is 16.8 Å². The number of β-amino-alcohol motifs (C(OH)–C–C–N with tert-alkyl or cyclic N) is 1. The van der Waals surface area contributed by atoms with E-state index < -0.39 is 6.10 Å². The summed E-state index contributed by atoms with van der Waals surface area (Å²) >= 11 is 0. The zero-order chi connectivity index (χ0) is 17.4. The molecule has 2 aromatic rings. The van der Waals surface area contributed by atoms with Gasteiger partial charge in [0, 0.05) is 43.3 Å². The third-order valence-corrected chi connectivity index (χ3v) is 5.18. The van der Waals surface area contributed by atoms with E-state index >= 15 is 0 Å². The van der Waals surface area contributed by atoms with Gasteiger partial charge in [0.15, 0.2) is 0 Å². The molecule has 0 bridgehead atoms. The van der Waals surface area contributed by atoms with Crippen LogP contribution in [0.4, 0.5) is 0 Å². The molecule has 0 spiro atoms. The minimum absolute atomic E-state index is 0.0207. The molecule has 1 aromatic carbocycles. The average Bonchev–Trinajstić information content (AvgIpc) is 3.25. The van der Waals surface area contributed by atoms with E-state index in [0.29, 0.717) is 37.6 Å². The van der Waals surface area contributed by atoms with E-state index in [-0.39, 0.29) is 11.9 Å². The summed E-state index contributed by atoms with van der Waals surface area (Å²) in [6.07, 6.45) is 1.21. The molecule has 3 heterocycles. The van der Waals surface area contributed by atoms with Crippen LogP contribution in [0.5, 0.6) is 5.75 Å². The number of aliphatic hydroxyl groups is 1. The lowest BCUT2D eigenvalue weighted by atomic mass is 10.1. The fraction of sp³-hybridized carbons (Fsp3) is 0.500. The van der Waals surface area contributed by atoms with Crippen molar-refractivity contribution in [1.29, 1.82) is 0 Å². The normalized spacial score (nSPS) is 24.8. The van der Waals surface area contributed by atoms with E-state index in [1.807, 2.05) is 18.2 Å². The molecule has 0 radical (unpaired) electrons. The van der Waals surface area contributed by atoms with Crippen molar-refractivity contribution < 1.29 is 19.4 Å². The smallest absolute Gasteiger partial charge is 0.256 e. The van der Waals surface area contributed by atoms with Crippen LogP contribution in [-0.2, 0) is 4.74 Å². The first-order chi connectivity index (χ1) is 12.2. The highest BCUT2D eigenvalue weighted by Gasteiger charge is 2.38. The second-order valence-corrected chi connectivity index (χ2v) is 6.61. The summed E-state index contributed by atoms with van der Waals surface area (Å²) in [6.45, 7) is 3.86. The SMILES string of the molecule is COc1ccc2[nH]cc(C(=O)N3C[C@@H](O)[C@H](N4CCOCC4)C3)c2c1. The number of fused-ring (bicyclic) bond motifs is 1. The standard InChI is InChI=1S/C18H23N3O4/c1-24-12-2-3-15-13(8-12)14(9-19-15)18(23)21-10-16(17(22)11-21)20-4-6-25-7-5-20/h2-3,8-9,16-17,19,22H,4-7,10-11H2,1H3/t16-,17-/m1/s1. The lowest BCUT2D eigenvalue weighted by molar-refractivity contribution is -0.00611. The van der Waals surface area contributed by atoms with Gasteiger partial charge >= 0.3 is 0 Å². The molecule has 2 N–H and O–H groups in total. The number of rotatable bonds is 3. The van der Waals surface area contributed by atoms with Crippen LogP contribution in [0.1, 0.15) is 10.4 Å². The van der Waals surface area contributed by atoms with Crippen molar-refractivity contribution in [2.45, 2.75) is 12.1 Å². The number of H-pyrrole nitrogens is 1. The molecule has 2 atom stereocenters. The number of methoxy groups -OCH3 is 1. The van der Waals surface area contributed by atoms with Crippen LogP contribution in [0.15, 0.2) is 24.4 Å². The van der Waals surface area contributed by atoms with E-state index in [1.54, 1.807) is 18.2 Å². The van der Waals surface area contributed by atoms with Crippen LogP contribution in [0.3, 0.4) is 0 Å². The Labute approximate surface area is 146 Å². The molecule has 134 valence electrons. The molecule has 7 nitrogen and oxygen atoms in total. The Balaban J connectivity index is 1.55. The number of aromatic nitrogens is 1. The molecule has 0 unspecified atom stereocenters. The van der Waals surface area contributed by atoms with E-state index in [9.17, 15) is 9.90 Å². The number of nitrogens with zero attached hydrogens (tertiary/aromatic N) is 2. The monoisotopic (exact) mass is 345 g/mol. The first-order valence-corrected chi connectivity index (χ1v) is 8.61. The molecule has 2 fully saturated rings. The summed E-state index contributed by atoms with van der Waals surface area (Å²) in [5.74, 6) is 0.656. The van der Waals surface area contributed by atoms with Gasteiger partial charge in [0.05, 0.1) is 38.0 Å². The van der Waals surface area contributed by atoms with Crippen molar-refractivity contribution in [3.8, 4) is 5.75 Å². The molecule has 0 saturated carbocycles. The van der Waals surface area contributed by atoms with Crippen LogP contribution in [0.25, 0.3) is 10.9 Å². The molecular weight excluding hydrogens is 322 g/mol. The maximum atomic E-state index is 13.0. The third kappa shape index (κ3) is 2.99. The number of morpholine rings is 1. The van der Waals surface area contributed by atoms with E-state index in [1.165, 1.54) is 0 Å². The van der Waals surface area contributed by atoms with Crippen LogP contribution in [0.2, 0.25) is 0 Å². The molecule has 2 aliphatic heterocycles. The molecule has 25 heavy (non-hydrogen) atoms. The van der Waals surface area contributed by atoms with Gasteiger partial charge in [0.25, 0.3) is 5.91 Å². The second kappa shape index (κ2) is 6.67. The predicted molar refractivity (Wildman–Crippen MR) is 92.9 cm³/mol. The number of amides is 1. The van der Waals surface area contributed by atoms with Gasteiger partial charge < -0.3 is 24.5 Å². The Kier molecular flexibility index (Phi) is 4.37. The van der Waals surface area contributed by atoms with Crippen molar-refractivity contribution in [2.75, 3.05) is 46.5 Å². The molecule has 4 rings (SSSR count). The fourth-order valence-corrected chi connectivity index (χ4v) is 3.78. The Morgan fingerprint density at radius 1 is 1.32 bits per heavy atom. The number of hydrogen-bond acceptors (Lipinski definition) is 5. The largest absolute Gasteiger partial charge is 0.497 e. The molecule has 7 heteroatoms. The summed E-state index contributed by atoms with van der Waals surface area (Å²) in [7, 11) is 1.61. The summed E-state index contributed by atoms with van der Waals surface area (Å²) < 4.78 is 10.6. The Hall–Kier alpha value is -2.09. The van der Waals surface area contributed by atoms with Crippen molar-refractivity contribution in [2.24, 2.45) is 0 Å². The topological polar surface area (TPSA) is 78.0 Å². The number of nitrogens with one attached hydrogen (secondary N) is 1. The molecule has 1 aromatic heterocycles. The Morgan fingerprint density at radius 3 is 2.88 bits per heavy atom. The van der Waals surface area contributed by atoms with Gasteiger partial charge in [-0.1, -0.05) is 0 Å². The predicted octanol–water partition coefficient (Wildman–Crippen LogP) is 0.694. The van der Waals surface area contributed by atoms with Crippen molar-refractivity contribution in [3.63, 3.8) is 0 Å². The average molecular weight is 345 g/mol. The van der Waals surface area contributed by atoms with Crippen LogP contribution in [-0.4, -0.2) is 84.4 Å². The number of aromatic amines is 1.